The number of aliphatic hydroxyl groups is 2. The first-order chi connectivity index (χ1) is 13.7. The van der Waals surface area contributed by atoms with E-state index in [9.17, 15) is 10.2 Å². The highest BCUT2D eigenvalue weighted by Gasteiger charge is 2.45. The standard InChI is InChI=1S/C19H23N5O4/c20-17-14-18(22-10-21-17)24(11-23-14)19-16(15(26)13(9-25)28-19)27-8-4-7-12-5-2-1-3-6-12/h1-3,5-6,10-11,13,15-16,19,25-26H,4,7-9H2,(H2,20,21,22)/t13-,15?,16?,19-/m1/s1. The number of hydrogen-bond donors (Lipinski definition) is 3. The molecule has 148 valence electrons. The zero-order chi connectivity index (χ0) is 19.5. The topological polar surface area (TPSA) is 129 Å². The van der Waals surface area contributed by atoms with Gasteiger partial charge in [-0.1, -0.05) is 30.3 Å². The summed E-state index contributed by atoms with van der Waals surface area (Å²) in [6.45, 7) is 0.129. The Hall–Kier alpha value is -2.59. The molecule has 0 saturated carbocycles. The van der Waals surface area contributed by atoms with Gasteiger partial charge in [-0.3, -0.25) is 4.57 Å². The Morgan fingerprint density at radius 2 is 2.00 bits per heavy atom. The fraction of sp³-hybridized carbons (Fsp3) is 0.421. The van der Waals surface area contributed by atoms with Gasteiger partial charge in [-0.05, 0) is 18.4 Å². The molecule has 0 spiro atoms. The number of nitrogens with zero attached hydrogens (tertiary/aromatic N) is 4. The van der Waals surface area contributed by atoms with Crippen molar-refractivity contribution < 1.29 is 19.7 Å². The molecule has 2 aromatic heterocycles. The van der Waals surface area contributed by atoms with Crippen LogP contribution in [0.25, 0.3) is 11.2 Å². The summed E-state index contributed by atoms with van der Waals surface area (Å²) < 4.78 is 13.5. The second-order valence-electron chi connectivity index (χ2n) is 6.75. The van der Waals surface area contributed by atoms with E-state index in [1.54, 1.807) is 4.57 Å². The highest BCUT2D eigenvalue weighted by molar-refractivity contribution is 5.81. The normalized spacial score (nSPS) is 24.8. The summed E-state index contributed by atoms with van der Waals surface area (Å²) in [5.74, 6) is 0.265. The SMILES string of the molecule is Nc1ncnc2c1ncn2[C@@H]1O[C@H](CO)C(O)C1OCCCc1ccccc1. The van der Waals surface area contributed by atoms with Crippen LogP contribution in [-0.4, -0.2) is 61.3 Å². The van der Waals surface area contributed by atoms with Gasteiger partial charge in [0.25, 0.3) is 0 Å². The van der Waals surface area contributed by atoms with E-state index >= 15 is 0 Å². The van der Waals surface area contributed by atoms with E-state index in [1.165, 1.54) is 18.2 Å². The predicted octanol–water partition coefficient (Wildman–Crippen LogP) is 0.677. The summed E-state index contributed by atoms with van der Waals surface area (Å²) >= 11 is 0. The number of aliphatic hydroxyl groups excluding tert-OH is 2. The number of anilines is 1. The summed E-state index contributed by atoms with van der Waals surface area (Å²) in [5, 5.41) is 20.1. The van der Waals surface area contributed by atoms with Crippen LogP contribution in [0.4, 0.5) is 5.82 Å². The molecule has 1 fully saturated rings. The van der Waals surface area contributed by atoms with Gasteiger partial charge in [0.15, 0.2) is 17.7 Å². The zero-order valence-electron chi connectivity index (χ0n) is 15.3. The fourth-order valence-corrected chi connectivity index (χ4v) is 3.47. The van der Waals surface area contributed by atoms with E-state index in [0.29, 0.717) is 17.8 Å². The van der Waals surface area contributed by atoms with Crippen LogP contribution in [0.3, 0.4) is 0 Å². The van der Waals surface area contributed by atoms with Crippen molar-refractivity contribution in [2.45, 2.75) is 37.4 Å². The van der Waals surface area contributed by atoms with E-state index in [2.05, 4.69) is 27.1 Å². The van der Waals surface area contributed by atoms with E-state index < -0.39 is 24.5 Å². The first-order valence-electron chi connectivity index (χ1n) is 9.22. The number of fused-ring (bicyclic) bond motifs is 1. The Bertz CT molecular complexity index is 919. The van der Waals surface area contributed by atoms with E-state index in [1.807, 2.05) is 18.2 Å². The van der Waals surface area contributed by atoms with Crippen LogP contribution in [0.5, 0.6) is 0 Å². The van der Waals surface area contributed by atoms with Gasteiger partial charge < -0.3 is 25.4 Å². The summed E-state index contributed by atoms with van der Waals surface area (Å²) in [4.78, 5) is 12.4. The quantitative estimate of drug-likeness (QED) is 0.507. The number of nitrogen functional groups attached to an aromatic ring is 1. The second kappa shape index (κ2) is 8.19. The molecule has 3 aromatic rings. The Balaban J connectivity index is 1.49. The molecule has 0 radical (unpaired) electrons. The first kappa shape index (κ1) is 18.8. The van der Waals surface area contributed by atoms with Gasteiger partial charge in [0.1, 0.15) is 30.2 Å². The Morgan fingerprint density at radius 1 is 1.18 bits per heavy atom. The summed E-state index contributed by atoms with van der Waals surface area (Å²) in [7, 11) is 0. The lowest BCUT2D eigenvalue weighted by Crippen LogP contribution is -2.35. The molecule has 4 rings (SSSR count). The van der Waals surface area contributed by atoms with Crippen LogP contribution >= 0.6 is 0 Å². The average molecular weight is 385 g/mol. The van der Waals surface area contributed by atoms with Crippen molar-refractivity contribution >= 4 is 17.0 Å². The van der Waals surface area contributed by atoms with Crippen LogP contribution in [0.2, 0.25) is 0 Å². The first-order valence-corrected chi connectivity index (χ1v) is 9.22. The molecule has 4 N–H and O–H groups in total. The highest BCUT2D eigenvalue weighted by Crippen LogP contribution is 2.34. The van der Waals surface area contributed by atoms with Gasteiger partial charge in [0.2, 0.25) is 0 Å². The van der Waals surface area contributed by atoms with Crippen molar-refractivity contribution in [1.82, 2.24) is 19.5 Å². The lowest BCUT2D eigenvalue weighted by molar-refractivity contribution is -0.0708. The number of rotatable bonds is 7. The fourth-order valence-electron chi connectivity index (χ4n) is 3.47. The molecule has 0 aliphatic carbocycles. The number of aromatic nitrogens is 4. The van der Waals surface area contributed by atoms with Crippen molar-refractivity contribution in [3.05, 3.63) is 48.5 Å². The van der Waals surface area contributed by atoms with Crippen LogP contribution in [-0.2, 0) is 15.9 Å². The van der Waals surface area contributed by atoms with Gasteiger partial charge in [0, 0.05) is 6.61 Å². The lowest BCUT2D eigenvalue weighted by Gasteiger charge is -2.22. The maximum Gasteiger partial charge on any atom is 0.167 e. The van der Waals surface area contributed by atoms with Crippen LogP contribution in [0.15, 0.2) is 43.0 Å². The van der Waals surface area contributed by atoms with Crippen molar-refractivity contribution in [3.63, 3.8) is 0 Å². The smallest absolute Gasteiger partial charge is 0.167 e. The molecule has 1 aliphatic heterocycles. The third-order valence-corrected chi connectivity index (χ3v) is 4.92. The minimum atomic E-state index is -0.969. The third-order valence-electron chi connectivity index (χ3n) is 4.92. The Morgan fingerprint density at radius 3 is 2.79 bits per heavy atom. The molecule has 1 saturated heterocycles. The molecule has 4 atom stereocenters. The average Bonchev–Trinajstić information content (AvgIpc) is 3.28. The molecule has 3 heterocycles. The number of hydrogen-bond acceptors (Lipinski definition) is 8. The highest BCUT2D eigenvalue weighted by atomic mass is 16.6. The number of nitrogens with two attached hydrogens (primary N) is 1. The van der Waals surface area contributed by atoms with Gasteiger partial charge in [0.05, 0.1) is 12.9 Å². The summed E-state index contributed by atoms with van der Waals surface area (Å²) in [6, 6.07) is 10.1. The molecule has 9 heteroatoms. The van der Waals surface area contributed by atoms with Crippen molar-refractivity contribution in [1.29, 1.82) is 0 Å². The monoisotopic (exact) mass is 385 g/mol. The molecule has 1 aromatic carbocycles. The summed E-state index contributed by atoms with van der Waals surface area (Å²) in [6.07, 6.45) is 1.49. The number of imidazole rings is 1. The predicted molar refractivity (Wildman–Crippen MR) is 101 cm³/mol. The largest absolute Gasteiger partial charge is 0.394 e. The van der Waals surface area contributed by atoms with Gasteiger partial charge in [-0.25, -0.2) is 15.0 Å². The molecule has 0 amide bonds. The van der Waals surface area contributed by atoms with E-state index in [4.69, 9.17) is 15.2 Å². The lowest BCUT2D eigenvalue weighted by atomic mass is 10.1. The van der Waals surface area contributed by atoms with Gasteiger partial charge in [-0.2, -0.15) is 0 Å². The van der Waals surface area contributed by atoms with E-state index in [-0.39, 0.29) is 12.4 Å². The molecule has 9 nitrogen and oxygen atoms in total. The molecular formula is C19H23N5O4. The van der Waals surface area contributed by atoms with E-state index in [0.717, 1.165) is 12.8 Å². The minimum absolute atomic E-state index is 0.265. The molecule has 0 bridgehead atoms. The third kappa shape index (κ3) is 3.57. The van der Waals surface area contributed by atoms with Crippen LogP contribution in [0, 0.1) is 0 Å². The molecule has 2 unspecified atom stereocenters. The molecular weight excluding hydrogens is 362 g/mol. The van der Waals surface area contributed by atoms with Gasteiger partial charge >= 0.3 is 0 Å². The maximum atomic E-state index is 10.6. The number of benzene rings is 1. The Labute approximate surface area is 161 Å². The van der Waals surface area contributed by atoms with Crippen molar-refractivity contribution in [2.24, 2.45) is 0 Å². The van der Waals surface area contributed by atoms with Crippen molar-refractivity contribution in [3.8, 4) is 0 Å². The number of ether oxygens (including phenoxy) is 2. The zero-order valence-corrected chi connectivity index (χ0v) is 15.3. The van der Waals surface area contributed by atoms with Crippen LogP contribution < -0.4 is 5.73 Å². The second-order valence-corrected chi connectivity index (χ2v) is 6.75. The van der Waals surface area contributed by atoms with Gasteiger partial charge in [-0.15, -0.1) is 0 Å². The maximum absolute atomic E-state index is 10.6. The summed E-state index contributed by atoms with van der Waals surface area (Å²) in [5.41, 5.74) is 8.02. The minimum Gasteiger partial charge on any atom is -0.394 e. The number of aryl methyl sites for hydroxylation is 1. The van der Waals surface area contributed by atoms with Crippen molar-refractivity contribution in [2.75, 3.05) is 18.9 Å². The molecule has 28 heavy (non-hydrogen) atoms. The van der Waals surface area contributed by atoms with Crippen LogP contribution in [0.1, 0.15) is 18.2 Å². The Kier molecular flexibility index (Phi) is 5.49. The molecule has 1 aliphatic rings.